The lowest BCUT2D eigenvalue weighted by Gasteiger charge is -2.07. The van der Waals surface area contributed by atoms with E-state index in [1.165, 1.54) is 0 Å². The lowest BCUT2D eigenvalue weighted by Crippen LogP contribution is -2.13. The minimum atomic E-state index is -3.41. The van der Waals surface area contributed by atoms with Crippen LogP contribution in [0, 0.1) is 6.92 Å². The second-order valence-corrected chi connectivity index (χ2v) is 4.80. The third-order valence-corrected chi connectivity index (χ3v) is 3.11. The van der Waals surface area contributed by atoms with Crippen molar-refractivity contribution in [3.63, 3.8) is 0 Å². The van der Waals surface area contributed by atoms with Crippen molar-refractivity contribution in [2.24, 2.45) is 0 Å². The SMILES string of the molecule is CCCS(=O)(=O)Oc1ccccc1C. The summed E-state index contributed by atoms with van der Waals surface area (Å²) >= 11 is 0. The van der Waals surface area contributed by atoms with Gasteiger partial charge in [-0.15, -0.1) is 0 Å². The average Bonchev–Trinajstić information content (AvgIpc) is 2.08. The van der Waals surface area contributed by atoms with Gasteiger partial charge in [-0.05, 0) is 25.0 Å². The summed E-state index contributed by atoms with van der Waals surface area (Å²) in [6.07, 6.45) is 0.564. The molecule has 3 nitrogen and oxygen atoms in total. The molecule has 0 radical (unpaired) electrons. The van der Waals surface area contributed by atoms with Crippen molar-refractivity contribution in [3.8, 4) is 5.75 Å². The zero-order valence-corrected chi connectivity index (χ0v) is 9.17. The fourth-order valence-corrected chi connectivity index (χ4v) is 2.12. The van der Waals surface area contributed by atoms with E-state index < -0.39 is 10.1 Å². The van der Waals surface area contributed by atoms with Gasteiger partial charge in [0.2, 0.25) is 0 Å². The Labute approximate surface area is 84.8 Å². The molecule has 1 aromatic rings. The molecular weight excluding hydrogens is 200 g/mol. The predicted molar refractivity (Wildman–Crippen MR) is 55.9 cm³/mol. The highest BCUT2D eigenvalue weighted by Gasteiger charge is 2.11. The van der Waals surface area contributed by atoms with Crippen LogP contribution < -0.4 is 4.18 Å². The second-order valence-electron chi connectivity index (χ2n) is 3.11. The minimum absolute atomic E-state index is 0.0569. The molecule has 0 fully saturated rings. The van der Waals surface area contributed by atoms with Crippen LogP contribution >= 0.6 is 0 Å². The van der Waals surface area contributed by atoms with Crippen molar-refractivity contribution in [1.29, 1.82) is 0 Å². The Morgan fingerprint density at radius 3 is 2.50 bits per heavy atom. The molecule has 4 heteroatoms. The molecule has 0 heterocycles. The van der Waals surface area contributed by atoms with Crippen LogP contribution in [0.25, 0.3) is 0 Å². The summed E-state index contributed by atoms with van der Waals surface area (Å²) in [5.41, 5.74) is 0.826. The molecule has 0 saturated heterocycles. The molecule has 1 aromatic carbocycles. The number of aryl methyl sites for hydroxylation is 1. The predicted octanol–water partition coefficient (Wildman–Crippen LogP) is 2.11. The van der Waals surface area contributed by atoms with Gasteiger partial charge >= 0.3 is 10.1 Å². The van der Waals surface area contributed by atoms with Crippen LogP contribution in [0.2, 0.25) is 0 Å². The first-order chi connectivity index (χ1) is 6.55. The quantitative estimate of drug-likeness (QED) is 0.721. The highest BCUT2D eigenvalue weighted by Crippen LogP contribution is 2.18. The van der Waals surface area contributed by atoms with E-state index in [1.807, 2.05) is 19.1 Å². The molecule has 0 aliphatic rings. The first kappa shape index (κ1) is 11.0. The Morgan fingerprint density at radius 2 is 1.93 bits per heavy atom. The lowest BCUT2D eigenvalue weighted by atomic mass is 10.2. The van der Waals surface area contributed by atoms with Crippen LogP contribution in [0.5, 0.6) is 5.75 Å². The molecule has 0 spiro atoms. The van der Waals surface area contributed by atoms with Gasteiger partial charge in [-0.25, -0.2) is 0 Å². The fourth-order valence-electron chi connectivity index (χ4n) is 1.08. The van der Waals surface area contributed by atoms with E-state index in [-0.39, 0.29) is 5.75 Å². The third kappa shape index (κ3) is 3.03. The Bertz CT molecular complexity index is 396. The molecule has 78 valence electrons. The summed E-state index contributed by atoms with van der Waals surface area (Å²) in [5, 5.41) is 0. The molecule has 0 unspecified atom stereocenters. The number of hydrogen-bond donors (Lipinski definition) is 0. The Morgan fingerprint density at radius 1 is 1.29 bits per heavy atom. The summed E-state index contributed by atoms with van der Waals surface area (Å²) in [6, 6.07) is 7.07. The van der Waals surface area contributed by atoms with Gasteiger partial charge in [-0.2, -0.15) is 8.42 Å². The van der Waals surface area contributed by atoms with Crippen molar-refractivity contribution in [3.05, 3.63) is 29.8 Å². The summed E-state index contributed by atoms with van der Waals surface area (Å²) in [6.45, 7) is 3.62. The summed E-state index contributed by atoms with van der Waals surface area (Å²) in [5.74, 6) is 0.474. The summed E-state index contributed by atoms with van der Waals surface area (Å²) in [4.78, 5) is 0. The van der Waals surface area contributed by atoms with Gasteiger partial charge in [0.05, 0.1) is 5.75 Å². The minimum Gasteiger partial charge on any atom is -0.382 e. The molecule has 0 bridgehead atoms. The Hall–Kier alpha value is -1.03. The van der Waals surface area contributed by atoms with Gasteiger partial charge in [-0.1, -0.05) is 25.1 Å². The first-order valence-corrected chi connectivity index (χ1v) is 6.10. The maximum atomic E-state index is 11.3. The molecule has 0 aliphatic heterocycles. The van der Waals surface area contributed by atoms with Crippen LogP contribution in [0.4, 0.5) is 0 Å². The van der Waals surface area contributed by atoms with Crippen LogP contribution in [0.15, 0.2) is 24.3 Å². The third-order valence-electron chi connectivity index (χ3n) is 1.76. The maximum absolute atomic E-state index is 11.3. The van der Waals surface area contributed by atoms with Gasteiger partial charge in [0.15, 0.2) is 0 Å². The largest absolute Gasteiger partial charge is 0.382 e. The van der Waals surface area contributed by atoms with Crippen molar-refractivity contribution >= 4 is 10.1 Å². The molecule has 1 rings (SSSR count). The molecule has 0 aromatic heterocycles. The summed E-state index contributed by atoms with van der Waals surface area (Å²) in [7, 11) is -3.41. The van der Waals surface area contributed by atoms with Crippen molar-refractivity contribution in [1.82, 2.24) is 0 Å². The molecule has 0 aliphatic carbocycles. The molecule has 0 atom stereocenters. The maximum Gasteiger partial charge on any atom is 0.309 e. The van der Waals surface area contributed by atoms with Gasteiger partial charge in [0.25, 0.3) is 0 Å². The Balaban J connectivity index is 2.84. The zero-order valence-electron chi connectivity index (χ0n) is 8.36. The van der Waals surface area contributed by atoms with Crippen LogP contribution in [0.3, 0.4) is 0 Å². The van der Waals surface area contributed by atoms with Crippen LogP contribution in [-0.2, 0) is 10.1 Å². The lowest BCUT2D eigenvalue weighted by molar-refractivity contribution is 0.483. The molecule has 0 N–H and O–H groups in total. The van der Waals surface area contributed by atoms with E-state index in [0.29, 0.717) is 12.2 Å². The number of hydrogen-bond acceptors (Lipinski definition) is 3. The Kier molecular flexibility index (Phi) is 3.52. The van der Waals surface area contributed by atoms with Gasteiger partial charge in [0.1, 0.15) is 5.75 Å². The highest BCUT2D eigenvalue weighted by molar-refractivity contribution is 7.87. The van der Waals surface area contributed by atoms with E-state index in [9.17, 15) is 8.42 Å². The monoisotopic (exact) mass is 214 g/mol. The van der Waals surface area contributed by atoms with Crippen LogP contribution in [-0.4, -0.2) is 14.2 Å². The normalized spacial score (nSPS) is 11.3. The average molecular weight is 214 g/mol. The molecule has 0 saturated carbocycles. The highest BCUT2D eigenvalue weighted by atomic mass is 32.2. The first-order valence-electron chi connectivity index (χ1n) is 4.53. The van der Waals surface area contributed by atoms with Gasteiger partial charge in [-0.3, -0.25) is 0 Å². The standard InChI is InChI=1S/C10H14O3S/c1-3-8-14(11,12)13-10-7-5-4-6-9(10)2/h4-7H,3,8H2,1-2H3. The van der Waals surface area contributed by atoms with Crippen molar-refractivity contribution in [2.45, 2.75) is 20.3 Å². The zero-order chi connectivity index (χ0) is 10.6. The molecule has 14 heavy (non-hydrogen) atoms. The number of para-hydroxylation sites is 1. The van der Waals surface area contributed by atoms with Crippen LogP contribution in [0.1, 0.15) is 18.9 Å². The van der Waals surface area contributed by atoms with Gasteiger partial charge < -0.3 is 4.18 Å². The molecule has 0 amide bonds. The molecular formula is C10H14O3S. The second kappa shape index (κ2) is 4.46. The van der Waals surface area contributed by atoms with E-state index in [1.54, 1.807) is 19.1 Å². The van der Waals surface area contributed by atoms with Gasteiger partial charge in [0, 0.05) is 0 Å². The van der Waals surface area contributed by atoms with E-state index in [2.05, 4.69) is 0 Å². The summed E-state index contributed by atoms with van der Waals surface area (Å²) < 4.78 is 27.6. The number of benzene rings is 1. The smallest absolute Gasteiger partial charge is 0.309 e. The van der Waals surface area contributed by atoms with E-state index >= 15 is 0 Å². The van der Waals surface area contributed by atoms with E-state index in [0.717, 1.165) is 5.56 Å². The fraction of sp³-hybridized carbons (Fsp3) is 0.400. The van der Waals surface area contributed by atoms with Crippen molar-refractivity contribution < 1.29 is 12.6 Å². The van der Waals surface area contributed by atoms with E-state index in [4.69, 9.17) is 4.18 Å². The van der Waals surface area contributed by atoms with Crippen molar-refractivity contribution in [2.75, 3.05) is 5.75 Å². The topological polar surface area (TPSA) is 43.4 Å². The number of rotatable bonds is 4.